The second kappa shape index (κ2) is 6.96. The molecule has 130 valence electrons. The highest BCUT2D eigenvalue weighted by Gasteiger charge is 2.57. The molecule has 4 atom stereocenters. The summed E-state index contributed by atoms with van der Waals surface area (Å²) in [5.74, 6) is 0.979. The van der Waals surface area contributed by atoms with Crippen LogP contribution >= 0.6 is 11.8 Å². The molecule has 2 aliphatic heterocycles. The van der Waals surface area contributed by atoms with Gasteiger partial charge in [-0.15, -0.1) is 0 Å². The highest BCUT2D eigenvalue weighted by atomic mass is 32.2. The van der Waals surface area contributed by atoms with Crippen LogP contribution in [0.5, 0.6) is 0 Å². The Morgan fingerprint density at radius 1 is 1.12 bits per heavy atom. The summed E-state index contributed by atoms with van der Waals surface area (Å²) < 4.78 is 0.839. The lowest BCUT2D eigenvalue weighted by molar-refractivity contribution is -0.944. The van der Waals surface area contributed by atoms with Crippen molar-refractivity contribution in [2.24, 2.45) is 0 Å². The molecule has 0 bridgehead atoms. The Hall–Kier alpha value is -1.59. The van der Waals surface area contributed by atoms with E-state index in [0.717, 1.165) is 23.3 Å². The van der Waals surface area contributed by atoms with Crippen LogP contribution in [0.1, 0.15) is 16.4 Å². The Labute approximate surface area is 154 Å². The highest BCUT2D eigenvalue weighted by molar-refractivity contribution is 7.99. The number of thioether (sulfide) groups is 1. The molecule has 2 aromatic rings. The SMILES string of the molecule is C=CC[N+]12CSC(c3ccccc3)C1CN([O-])C2Cc1ccccc1. The molecule has 0 saturated carbocycles. The smallest absolute Gasteiger partial charge is 0.139 e. The van der Waals surface area contributed by atoms with Gasteiger partial charge in [0.15, 0.2) is 0 Å². The van der Waals surface area contributed by atoms with Crippen LogP contribution in [0.2, 0.25) is 0 Å². The Morgan fingerprint density at radius 3 is 2.48 bits per heavy atom. The molecule has 2 aliphatic rings. The summed E-state index contributed by atoms with van der Waals surface area (Å²) in [7, 11) is 0. The third-order valence-electron chi connectivity index (χ3n) is 5.66. The van der Waals surface area contributed by atoms with Gasteiger partial charge in [-0.05, 0) is 17.2 Å². The number of quaternary nitrogens is 1. The third-order valence-corrected chi connectivity index (χ3v) is 7.23. The van der Waals surface area contributed by atoms with Crippen molar-refractivity contribution < 1.29 is 4.48 Å². The van der Waals surface area contributed by atoms with E-state index < -0.39 is 0 Å². The fraction of sp³-hybridized carbons (Fsp3) is 0.333. The Morgan fingerprint density at radius 2 is 1.80 bits per heavy atom. The first kappa shape index (κ1) is 16.9. The molecule has 4 unspecified atom stereocenters. The molecule has 3 nitrogen and oxygen atoms in total. The molecule has 4 rings (SSSR count). The van der Waals surface area contributed by atoms with Crippen LogP contribution < -0.4 is 0 Å². The molecule has 0 N–H and O–H groups in total. The molecule has 2 saturated heterocycles. The van der Waals surface area contributed by atoms with Crippen LogP contribution in [0.3, 0.4) is 0 Å². The largest absolute Gasteiger partial charge is 0.781 e. The van der Waals surface area contributed by atoms with Gasteiger partial charge in [0, 0.05) is 13.0 Å². The first-order chi connectivity index (χ1) is 12.2. The lowest BCUT2D eigenvalue weighted by atomic mass is 10.0. The molecule has 0 aromatic heterocycles. The average Bonchev–Trinajstić information content (AvgIpc) is 3.12. The van der Waals surface area contributed by atoms with Crippen LogP contribution in [0.15, 0.2) is 73.3 Å². The molecular formula is C21H24N2OS. The lowest BCUT2D eigenvalue weighted by Crippen LogP contribution is -2.57. The molecule has 0 spiro atoms. The van der Waals surface area contributed by atoms with Crippen molar-refractivity contribution in [3.05, 3.63) is 89.7 Å². The lowest BCUT2D eigenvalue weighted by Gasteiger charge is -2.42. The Balaban J connectivity index is 1.66. The van der Waals surface area contributed by atoms with Crippen LogP contribution in [-0.2, 0) is 6.42 Å². The Kier molecular flexibility index (Phi) is 4.69. The molecule has 0 amide bonds. The topological polar surface area (TPSA) is 26.3 Å². The van der Waals surface area contributed by atoms with Crippen molar-refractivity contribution in [2.75, 3.05) is 19.0 Å². The van der Waals surface area contributed by atoms with Gasteiger partial charge in [-0.1, -0.05) is 79.0 Å². The molecule has 4 heteroatoms. The minimum absolute atomic E-state index is 0.0217. The fourth-order valence-corrected chi connectivity index (χ4v) is 6.25. The highest BCUT2D eigenvalue weighted by Crippen LogP contribution is 2.51. The minimum atomic E-state index is -0.0217. The summed E-state index contributed by atoms with van der Waals surface area (Å²) in [4.78, 5) is 0. The molecule has 0 radical (unpaired) electrons. The summed E-state index contributed by atoms with van der Waals surface area (Å²) in [6.07, 6.45) is 2.78. The molecule has 25 heavy (non-hydrogen) atoms. The Bertz CT molecular complexity index is 719. The van der Waals surface area contributed by atoms with Crippen molar-refractivity contribution in [3.63, 3.8) is 0 Å². The van der Waals surface area contributed by atoms with E-state index in [1.165, 1.54) is 16.2 Å². The zero-order valence-electron chi connectivity index (χ0n) is 14.3. The zero-order valence-corrected chi connectivity index (χ0v) is 15.1. The molecule has 2 aromatic carbocycles. The fourth-order valence-electron chi connectivity index (χ4n) is 4.44. The van der Waals surface area contributed by atoms with E-state index >= 15 is 0 Å². The van der Waals surface area contributed by atoms with Crippen LogP contribution in [0.25, 0.3) is 0 Å². The second-order valence-corrected chi connectivity index (χ2v) is 8.14. The van der Waals surface area contributed by atoms with Crippen LogP contribution in [-0.4, -0.2) is 40.7 Å². The first-order valence-corrected chi connectivity index (χ1v) is 9.91. The van der Waals surface area contributed by atoms with Crippen LogP contribution in [0.4, 0.5) is 0 Å². The number of rotatable bonds is 5. The van der Waals surface area contributed by atoms with E-state index in [1.54, 1.807) is 0 Å². The maximum Gasteiger partial charge on any atom is 0.139 e. The number of fused-ring (bicyclic) bond motifs is 1. The molecular weight excluding hydrogens is 328 g/mol. The molecule has 2 fully saturated rings. The van der Waals surface area contributed by atoms with Gasteiger partial charge < -0.3 is 10.3 Å². The van der Waals surface area contributed by atoms with Crippen molar-refractivity contribution in [3.8, 4) is 0 Å². The summed E-state index contributed by atoms with van der Waals surface area (Å²) in [5.41, 5.74) is 2.58. The first-order valence-electron chi connectivity index (χ1n) is 8.86. The number of hydrogen-bond donors (Lipinski definition) is 0. The van der Waals surface area contributed by atoms with Crippen LogP contribution in [0, 0.1) is 5.21 Å². The second-order valence-electron chi connectivity index (χ2n) is 7.04. The van der Waals surface area contributed by atoms with Gasteiger partial charge in [0.2, 0.25) is 0 Å². The van der Waals surface area contributed by atoms with Gasteiger partial charge in [0.25, 0.3) is 0 Å². The van der Waals surface area contributed by atoms with E-state index in [9.17, 15) is 5.21 Å². The van der Waals surface area contributed by atoms with E-state index in [-0.39, 0.29) is 6.17 Å². The van der Waals surface area contributed by atoms with Crippen molar-refractivity contribution in [2.45, 2.75) is 23.9 Å². The van der Waals surface area contributed by atoms with Gasteiger partial charge in [-0.3, -0.25) is 4.48 Å². The van der Waals surface area contributed by atoms with Gasteiger partial charge in [-0.2, -0.15) is 0 Å². The zero-order chi connectivity index (χ0) is 17.3. The van der Waals surface area contributed by atoms with Crippen molar-refractivity contribution >= 4 is 11.8 Å². The van der Waals surface area contributed by atoms with Gasteiger partial charge in [-0.25, -0.2) is 0 Å². The average molecular weight is 353 g/mol. The number of hydroxylamine groups is 2. The summed E-state index contributed by atoms with van der Waals surface area (Å²) in [5, 5.41) is 14.6. The minimum Gasteiger partial charge on any atom is -0.781 e. The molecule has 0 aliphatic carbocycles. The summed E-state index contributed by atoms with van der Waals surface area (Å²) in [6.45, 7) is 5.47. The van der Waals surface area contributed by atoms with Gasteiger partial charge >= 0.3 is 0 Å². The van der Waals surface area contributed by atoms with Crippen molar-refractivity contribution in [1.82, 2.24) is 5.06 Å². The number of hydrogen-bond acceptors (Lipinski definition) is 3. The monoisotopic (exact) mass is 352 g/mol. The third kappa shape index (κ3) is 2.93. The number of benzene rings is 2. The molecule has 2 heterocycles. The van der Waals surface area contributed by atoms with Gasteiger partial charge in [0.1, 0.15) is 18.1 Å². The maximum absolute atomic E-state index is 12.9. The number of nitrogens with zero attached hydrogens (tertiary/aromatic N) is 2. The predicted octanol–water partition coefficient (Wildman–Crippen LogP) is 4.19. The predicted molar refractivity (Wildman–Crippen MR) is 105 cm³/mol. The van der Waals surface area contributed by atoms with Gasteiger partial charge in [0.05, 0.1) is 11.8 Å². The van der Waals surface area contributed by atoms with E-state index in [1.807, 2.05) is 23.9 Å². The maximum atomic E-state index is 12.9. The van der Waals surface area contributed by atoms with E-state index in [2.05, 4.69) is 61.2 Å². The summed E-state index contributed by atoms with van der Waals surface area (Å²) in [6, 6.07) is 21.4. The van der Waals surface area contributed by atoms with E-state index in [0.29, 0.717) is 17.8 Å². The van der Waals surface area contributed by atoms with E-state index in [4.69, 9.17) is 0 Å². The van der Waals surface area contributed by atoms with Crippen molar-refractivity contribution in [1.29, 1.82) is 0 Å². The summed E-state index contributed by atoms with van der Waals surface area (Å²) >= 11 is 2.00. The normalized spacial score (nSPS) is 31.8. The quantitative estimate of drug-likeness (QED) is 0.596. The standard InChI is InChI=1S/C21H24N2OS/c1-2-13-23-16-25-21(18-11-7-4-8-12-18)19(23)15-22(24)20(23)14-17-9-5-3-6-10-17/h2-12,19-21H,1,13-16H2.